The van der Waals surface area contributed by atoms with E-state index in [0.717, 1.165) is 63.7 Å². The van der Waals surface area contributed by atoms with Gasteiger partial charge in [-0.15, -0.1) is 0 Å². The number of anilines is 3. The van der Waals surface area contributed by atoms with E-state index >= 15 is 0 Å². The molecule has 5 rings (SSSR count). The van der Waals surface area contributed by atoms with Crippen LogP contribution in [0.1, 0.15) is 57.4 Å². The predicted octanol–water partition coefficient (Wildman–Crippen LogP) is 4.46. The Kier molecular flexibility index (Phi) is 6.40. The molecule has 4 N–H and O–H groups in total. The Balaban J connectivity index is 1.49. The molecule has 0 radical (unpaired) electrons. The topological polar surface area (TPSA) is 111 Å². The summed E-state index contributed by atoms with van der Waals surface area (Å²) in [4.78, 5) is 25.1. The number of fused-ring (bicyclic) bond motifs is 1. The van der Waals surface area contributed by atoms with Gasteiger partial charge in [-0.2, -0.15) is 4.98 Å². The van der Waals surface area contributed by atoms with Crippen LogP contribution < -0.4 is 16.4 Å². The van der Waals surface area contributed by atoms with Gasteiger partial charge >= 0.3 is 0 Å². The maximum atomic E-state index is 14.4. The van der Waals surface area contributed by atoms with E-state index in [1.165, 1.54) is 12.1 Å². The molecule has 2 fully saturated rings. The lowest BCUT2D eigenvalue weighted by molar-refractivity contribution is -0.112. The highest BCUT2D eigenvalue weighted by Crippen LogP contribution is 2.37. The second kappa shape index (κ2) is 9.61. The third-order valence-electron chi connectivity index (χ3n) is 7.01. The molecular formula is C24H29F2N7O. The number of nitrogens with one attached hydrogen (secondary N) is 2. The molecule has 2 aliphatic carbocycles. The fourth-order valence-electron chi connectivity index (χ4n) is 5.05. The molecule has 8 nitrogen and oxygen atoms in total. The standard InChI is InChI=1S/C24H29F2N7O/c25-15-3-10-20(19(26)11-15)30-24-31-21-12-28-23(29-17-6-4-16(27)5-7-17)32-22(21)33(24)18-8-1-14(13-34)2-9-18/h3,10-14,16-18H,1-2,4-9,27H2,(H,30,31)(H,28,29,32)/t14-,16-,17-,18+. The zero-order valence-corrected chi connectivity index (χ0v) is 18.9. The van der Waals surface area contributed by atoms with Gasteiger partial charge in [-0.3, -0.25) is 4.57 Å². The van der Waals surface area contributed by atoms with Gasteiger partial charge in [0.15, 0.2) is 5.65 Å². The highest BCUT2D eigenvalue weighted by atomic mass is 19.1. The van der Waals surface area contributed by atoms with Crippen LogP contribution in [0.3, 0.4) is 0 Å². The number of carbonyl (C=O) groups excluding carboxylic acids is 1. The van der Waals surface area contributed by atoms with Crippen molar-refractivity contribution >= 4 is 35.0 Å². The van der Waals surface area contributed by atoms with Crippen LogP contribution in [0.25, 0.3) is 11.2 Å². The van der Waals surface area contributed by atoms with Crippen molar-refractivity contribution in [3.63, 3.8) is 0 Å². The van der Waals surface area contributed by atoms with Crippen molar-refractivity contribution < 1.29 is 13.6 Å². The lowest BCUT2D eigenvalue weighted by Gasteiger charge is -2.28. The highest BCUT2D eigenvalue weighted by Gasteiger charge is 2.27. The summed E-state index contributed by atoms with van der Waals surface area (Å²) in [5.41, 5.74) is 7.38. The summed E-state index contributed by atoms with van der Waals surface area (Å²) in [6.45, 7) is 0. The van der Waals surface area contributed by atoms with Gasteiger partial charge in [-0.1, -0.05) is 0 Å². The molecule has 2 saturated carbocycles. The minimum Gasteiger partial charge on any atom is -0.351 e. The quantitative estimate of drug-likeness (QED) is 0.457. The molecule has 0 spiro atoms. The normalized spacial score (nSPS) is 25.3. The van der Waals surface area contributed by atoms with Crippen molar-refractivity contribution in [2.24, 2.45) is 11.7 Å². The summed E-state index contributed by atoms with van der Waals surface area (Å²) in [5.74, 6) is -0.344. The average molecular weight is 470 g/mol. The Morgan fingerprint density at radius 3 is 2.50 bits per heavy atom. The van der Waals surface area contributed by atoms with Crippen LogP contribution in [-0.4, -0.2) is 37.9 Å². The van der Waals surface area contributed by atoms with Crippen molar-refractivity contribution in [3.8, 4) is 0 Å². The van der Waals surface area contributed by atoms with Crippen LogP contribution in [-0.2, 0) is 4.79 Å². The number of benzene rings is 1. The summed E-state index contributed by atoms with van der Waals surface area (Å²) in [5, 5.41) is 6.45. The van der Waals surface area contributed by atoms with E-state index in [1.807, 2.05) is 4.57 Å². The van der Waals surface area contributed by atoms with Crippen molar-refractivity contribution in [1.82, 2.24) is 19.5 Å². The van der Waals surface area contributed by atoms with Crippen LogP contribution in [0.2, 0.25) is 0 Å². The van der Waals surface area contributed by atoms with Crippen LogP contribution in [0.15, 0.2) is 24.4 Å². The zero-order valence-electron chi connectivity index (χ0n) is 18.9. The fraction of sp³-hybridized carbons (Fsp3) is 0.500. The molecule has 180 valence electrons. The number of halogens is 2. The number of hydrogen-bond acceptors (Lipinski definition) is 7. The molecule has 0 bridgehead atoms. The maximum Gasteiger partial charge on any atom is 0.224 e. The third-order valence-corrected chi connectivity index (χ3v) is 7.01. The number of carbonyl (C=O) groups is 1. The van der Waals surface area contributed by atoms with E-state index in [-0.39, 0.29) is 29.7 Å². The molecule has 0 atom stereocenters. The molecule has 3 aromatic rings. The molecule has 0 aliphatic heterocycles. The van der Waals surface area contributed by atoms with E-state index in [2.05, 4.69) is 20.6 Å². The lowest BCUT2D eigenvalue weighted by Crippen LogP contribution is -2.33. The highest BCUT2D eigenvalue weighted by molar-refractivity contribution is 5.76. The van der Waals surface area contributed by atoms with Crippen LogP contribution in [0, 0.1) is 17.6 Å². The number of hydrogen-bond donors (Lipinski definition) is 3. The molecule has 2 aromatic heterocycles. The molecule has 1 aromatic carbocycles. The third kappa shape index (κ3) is 4.72. The summed E-state index contributed by atoms with van der Waals surface area (Å²) < 4.78 is 29.8. The monoisotopic (exact) mass is 469 g/mol. The second-order valence-corrected chi connectivity index (χ2v) is 9.42. The number of rotatable bonds is 6. The zero-order chi connectivity index (χ0) is 23.7. The van der Waals surface area contributed by atoms with Gasteiger partial charge in [-0.25, -0.2) is 18.7 Å². The molecule has 2 aliphatic rings. The van der Waals surface area contributed by atoms with Gasteiger partial charge in [0.2, 0.25) is 11.9 Å². The maximum absolute atomic E-state index is 14.4. The van der Waals surface area contributed by atoms with Crippen molar-refractivity contribution in [2.75, 3.05) is 10.6 Å². The first-order valence-electron chi connectivity index (χ1n) is 11.9. The number of nitrogens with zero attached hydrogens (tertiary/aromatic N) is 4. The molecular weight excluding hydrogens is 440 g/mol. The second-order valence-electron chi connectivity index (χ2n) is 9.42. The summed E-state index contributed by atoms with van der Waals surface area (Å²) in [7, 11) is 0. The number of aldehydes is 1. The van der Waals surface area contributed by atoms with Crippen molar-refractivity contribution in [1.29, 1.82) is 0 Å². The van der Waals surface area contributed by atoms with E-state index in [4.69, 9.17) is 10.7 Å². The molecule has 0 saturated heterocycles. The Morgan fingerprint density at radius 2 is 1.79 bits per heavy atom. The van der Waals surface area contributed by atoms with Crippen LogP contribution in [0.5, 0.6) is 0 Å². The lowest BCUT2D eigenvalue weighted by atomic mass is 9.87. The van der Waals surface area contributed by atoms with Gasteiger partial charge in [0.1, 0.15) is 23.4 Å². The molecule has 2 heterocycles. The van der Waals surface area contributed by atoms with Gasteiger partial charge in [-0.05, 0) is 63.5 Å². The Morgan fingerprint density at radius 1 is 1.03 bits per heavy atom. The summed E-state index contributed by atoms with van der Waals surface area (Å²) in [6.07, 6.45) is 9.67. The van der Waals surface area contributed by atoms with Gasteiger partial charge in [0.25, 0.3) is 0 Å². The van der Waals surface area contributed by atoms with Gasteiger partial charge < -0.3 is 21.2 Å². The van der Waals surface area contributed by atoms with E-state index in [9.17, 15) is 13.6 Å². The van der Waals surface area contributed by atoms with Crippen molar-refractivity contribution in [2.45, 2.75) is 69.5 Å². The minimum atomic E-state index is -0.702. The van der Waals surface area contributed by atoms with E-state index < -0.39 is 11.6 Å². The Hall–Kier alpha value is -3.14. The molecule has 34 heavy (non-hydrogen) atoms. The number of imidazole rings is 1. The fourth-order valence-corrected chi connectivity index (χ4v) is 5.05. The summed E-state index contributed by atoms with van der Waals surface area (Å²) >= 11 is 0. The number of nitrogens with two attached hydrogens (primary N) is 1. The molecule has 0 amide bonds. The minimum absolute atomic E-state index is 0.0441. The first-order chi connectivity index (χ1) is 16.5. The summed E-state index contributed by atoms with van der Waals surface area (Å²) in [6, 6.07) is 3.95. The Bertz CT molecular complexity index is 1170. The Labute approximate surface area is 196 Å². The van der Waals surface area contributed by atoms with E-state index in [0.29, 0.717) is 23.1 Å². The largest absolute Gasteiger partial charge is 0.351 e. The van der Waals surface area contributed by atoms with Crippen molar-refractivity contribution in [3.05, 3.63) is 36.0 Å². The average Bonchev–Trinajstić information content (AvgIpc) is 3.19. The van der Waals surface area contributed by atoms with E-state index in [1.54, 1.807) is 6.20 Å². The van der Waals surface area contributed by atoms with Gasteiger partial charge in [0.05, 0.1) is 11.9 Å². The SMILES string of the molecule is N[C@H]1CC[C@H](Nc2ncc3nc(Nc4ccc(F)cc4F)n([C@H]4CC[C@@H](C=O)CC4)c3n2)CC1. The van der Waals surface area contributed by atoms with Crippen LogP contribution >= 0.6 is 0 Å². The first kappa shape index (κ1) is 22.6. The van der Waals surface area contributed by atoms with Gasteiger partial charge in [0, 0.05) is 30.1 Å². The predicted molar refractivity (Wildman–Crippen MR) is 126 cm³/mol. The first-order valence-corrected chi connectivity index (χ1v) is 11.9. The molecule has 10 heteroatoms. The smallest absolute Gasteiger partial charge is 0.224 e. The number of aromatic nitrogens is 4. The molecule has 0 unspecified atom stereocenters. The van der Waals surface area contributed by atoms with Crippen LogP contribution in [0.4, 0.5) is 26.4 Å².